The summed E-state index contributed by atoms with van der Waals surface area (Å²) in [4.78, 5) is 15.8. The molecule has 1 amide bonds. The normalized spacial score (nSPS) is 11.5. The van der Waals surface area contributed by atoms with E-state index >= 15 is 0 Å². The van der Waals surface area contributed by atoms with Crippen LogP contribution in [-0.4, -0.2) is 16.6 Å². The van der Waals surface area contributed by atoms with Crippen LogP contribution >= 0.6 is 34.8 Å². The molecule has 0 unspecified atom stereocenters. The van der Waals surface area contributed by atoms with E-state index in [4.69, 9.17) is 40.5 Å². The predicted molar refractivity (Wildman–Crippen MR) is 89.7 cm³/mol. The SMILES string of the molecule is CC(=NNC(=O)c1nc(Cl)c(Cl)c(N)c1Cl)c1ccc(F)cc1F. The zero-order valence-corrected chi connectivity index (χ0v) is 14.3. The highest BCUT2D eigenvalue weighted by molar-refractivity contribution is 6.46. The number of carbonyl (C=O) groups is 1. The number of halogens is 5. The Bertz CT molecular complexity index is 858. The molecule has 0 radical (unpaired) electrons. The minimum atomic E-state index is -0.827. The van der Waals surface area contributed by atoms with Crippen molar-refractivity contribution in [2.45, 2.75) is 6.92 Å². The molecule has 0 spiro atoms. The number of hydrogen-bond acceptors (Lipinski definition) is 4. The monoisotopic (exact) mass is 392 g/mol. The van der Waals surface area contributed by atoms with Crippen LogP contribution in [0.4, 0.5) is 14.5 Å². The topological polar surface area (TPSA) is 80.4 Å². The highest BCUT2D eigenvalue weighted by Gasteiger charge is 2.19. The van der Waals surface area contributed by atoms with Crippen LogP contribution in [0, 0.1) is 11.6 Å². The number of nitrogens with two attached hydrogens (primary N) is 1. The molecule has 0 fully saturated rings. The van der Waals surface area contributed by atoms with Crippen molar-refractivity contribution in [3.05, 3.63) is 56.3 Å². The van der Waals surface area contributed by atoms with Gasteiger partial charge >= 0.3 is 0 Å². The molecular weight excluding hydrogens is 385 g/mol. The summed E-state index contributed by atoms with van der Waals surface area (Å²) in [6.07, 6.45) is 0. The van der Waals surface area contributed by atoms with E-state index in [9.17, 15) is 13.6 Å². The van der Waals surface area contributed by atoms with Crippen molar-refractivity contribution in [1.29, 1.82) is 0 Å². The Hall–Kier alpha value is -1.96. The van der Waals surface area contributed by atoms with Crippen LogP contribution in [0.25, 0.3) is 0 Å². The van der Waals surface area contributed by atoms with Gasteiger partial charge in [0.2, 0.25) is 0 Å². The summed E-state index contributed by atoms with van der Waals surface area (Å²) < 4.78 is 26.5. The van der Waals surface area contributed by atoms with E-state index in [1.165, 1.54) is 13.0 Å². The summed E-state index contributed by atoms with van der Waals surface area (Å²) in [5.41, 5.74) is 7.48. The highest BCUT2D eigenvalue weighted by Crippen LogP contribution is 2.34. The van der Waals surface area contributed by atoms with Crippen LogP contribution in [0.3, 0.4) is 0 Å². The lowest BCUT2D eigenvalue weighted by molar-refractivity contribution is 0.0950. The molecule has 2 rings (SSSR count). The van der Waals surface area contributed by atoms with Crippen LogP contribution in [0.2, 0.25) is 15.2 Å². The molecule has 0 atom stereocenters. The molecule has 1 heterocycles. The fraction of sp³-hybridized carbons (Fsp3) is 0.0714. The molecule has 5 nitrogen and oxygen atoms in total. The Kier molecular flexibility index (Phi) is 5.58. The molecule has 1 aromatic carbocycles. The molecule has 2 aromatic rings. The fourth-order valence-electron chi connectivity index (χ4n) is 1.71. The fourth-order valence-corrected chi connectivity index (χ4v) is 2.31. The maximum absolute atomic E-state index is 13.6. The number of amides is 1. The van der Waals surface area contributed by atoms with E-state index in [-0.39, 0.29) is 37.9 Å². The van der Waals surface area contributed by atoms with E-state index in [1.54, 1.807) is 0 Å². The molecule has 126 valence electrons. The summed E-state index contributed by atoms with van der Waals surface area (Å²) in [7, 11) is 0. The lowest BCUT2D eigenvalue weighted by Gasteiger charge is -2.08. The second-order valence-corrected chi connectivity index (χ2v) is 5.67. The van der Waals surface area contributed by atoms with Gasteiger partial charge in [-0.15, -0.1) is 0 Å². The number of rotatable bonds is 3. The van der Waals surface area contributed by atoms with E-state index in [2.05, 4.69) is 15.5 Å². The number of anilines is 1. The van der Waals surface area contributed by atoms with Crippen molar-refractivity contribution in [3.8, 4) is 0 Å². The number of aromatic nitrogens is 1. The summed E-state index contributed by atoms with van der Waals surface area (Å²) in [6.45, 7) is 1.43. The number of benzene rings is 1. The first-order valence-electron chi connectivity index (χ1n) is 6.32. The first-order valence-corrected chi connectivity index (χ1v) is 7.45. The van der Waals surface area contributed by atoms with Gasteiger partial charge in [-0.1, -0.05) is 34.8 Å². The smallest absolute Gasteiger partial charge is 0.291 e. The van der Waals surface area contributed by atoms with Gasteiger partial charge in [-0.2, -0.15) is 5.10 Å². The number of carbonyl (C=O) groups excluding carboxylic acids is 1. The molecule has 10 heteroatoms. The van der Waals surface area contributed by atoms with Gasteiger partial charge < -0.3 is 5.73 Å². The average molecular weight is 394 g/mol. The molecule has 3 N–H and O–H groups in total. The maximum Gasteiger partial charge on any atom is 0.291 e. The van der Waals surface area contributed by atoms with Crippen molar-refractivity contribution < 1.29 is 13.6 Å². The maximum atomic E-state index is 13.6. The molecule has 0 aliphatic rings. The van der Waals surface area contributed by atoms with E-state index < -0.39 is 17.5 Å². The van der Waals surface area contributed by atoms with Crippen LogP contribution in [0.15, 0.2) is 23.3 Å². The van der Waals surface area contributed by atoms with Gasteiger partial charge in [-0.25, -0.2) is 19.2 Å². The summed E-state index contributed by atoms with van der Waals surface area (Å²) in [5, 5.41) is 3.25. The predicted octanol–water partition coefficient (Wildman–Crippen LogP) is 4.06. The molecule has 0 saturated carbocycles. The molecule has 0 saturated heterocycles. The summed E-state index contributed by atoms with van der Waals surface area (Å²) in [5.74, 6) is -2.37. The van der Waals surface area contributed by atoms with Gasteiger partial charge in [0.1, 0.15) is 16.7 Å². The van der Waals surface area contributed by atoms with Crippen molar-refractivity contribution in [2.75, 3.05) is 5.73 Å². The molecule has 0 aliphatic carbocycles. The van der Waals surface area contributed by atoms with Crippen molar-refractivity contribution >= 4 is 52.1 Å². The lowest BCUT2D eigenvalue weighted by Crippen LogP contribution is -2.22. The second-order valence-electron chi connectivity index (χ2n) is 4.56. The molecule has 1 aromatic heterocycles. The average Bonchev–Trinajstić information content (AvgIpc) is 2.53. The van der Waals surface area contributed by atoms with E-state index in [0.29, 0.717) is 6.07 Å². The number of hydrogen-bond donors (Lipinski definition) is 2. The van der Waals surface area contributed by atoms with Gasteiger partial charge in [0.25, 0.3) is 5.91 Å². The molecular formula is C14H9Cl3F2N4O. The minimum Gasteiger partial charge on any atom is -0.396 e. The van der Waals surface area contributed by atoms with Crippen LogP contribution in [0.5, 0.6) is 0 Å². The Morgan fingerprint density at radius 2 is 1.92 bits per heavy atom. The van der Waals surface area contributed by atoms with Gasteiger partial charge in [0.15, 0.2) is 10.8 Å². The second kappa shape index (κ2) is 7.29. The standard InChI is InChI=1S/C14H9Cl3F2N4O/c1-5(7-3-2-6(18)4-8(7)19)22-23-14(24)12-9(15)11(20)10(16)13(17)21-12/h2-4H,1H3,(H2,20,21)(H,23,24). The zero-order valence-electron chi connectivity index (χ0n) is 12.0. The van der Waals surface area contributed by atoms with E-state index in [0.717, 1.165) is 6.07 Å². The third kappa shape index (κ3) is 3.75. The molecule has 0 aliphatic heterocycles. The Morgan fingerprint density at radius 1 is 1.25 bits per heavy atom. The highest BCUT2D eigenvalue weighted by atomic mass is 35.5. The van der Waals surface area contributed by atoms with Gasteiger partial charge in [0.05, 0.1) is 16.4 Å². The van der Waals surface area contributed by atoms with Gasteiger partial charge in [-0.3, -0.25) is 4.79 Å². The van der Waals surface area contributed by atoms with E-state index in [1.807, 2.05) is 0 Å². The largest absolute Gasteiger partial charge is 0.396 e. The van der Waals surface area contributed by atoms with Crippen molar-refractivity contribution in [1.82, 2.24) is 10.4 Å². The number of pyridine rings is 1. The first kappa shape index (κ1) is 18.4. The first-order chi connectivity index (χ1) is 11.2. The number of nitrogens with one attached hydrogen (secondary N) is 1. The third-order valence-electron chi connectivity index (χ3n) is 2.93. The quantitative estimate of drug-likeness (QED) is 0.469. The summed E-state index contributed by atoms with van der Waals surface area (Å²) in [6, 6.07) is 2.96. The van der Waals surface area contributed by atoms with Crippen LogP contribution in [-0.2, 0) is 0 Å². The number of hydrazone groups is 1. The van der Waals surface area contributed by atoms with Crippen molar-refractivity contribution in [3.63, 3.8) is 0 Å². The lowest BCUT2D eigenvalue weighted by atomic mass is 10.1. The van der Waals surface area contributed by atoms with Gasteiger partial charge in [-0.05, 0) is 19.1 Å². The minimum absolute atomic E-state index is 0.0180. The number of nitrogen functional groups attached to an aromatic ring is 1. The molecule has 0 bridgehead atoms. The zero-order chi connectivity index (χ0) is 18.0. The van der Waals surface area contributed by atoms with Crippen LogP contribution in [0.1, 0.15) is 23.0 Å². The Morgan fingerprint density at radius 3 is 2.54 bits per heavy atom. The number of nitrogens with zero attached hydrogens (tertiary/aromatic N) is 2. The Balaban J connectivity index is 2.27. The van der Waals surface area contributed by atoms with Gasteiger partial charge in [0, 0.05) is 11.6 Å². The van der Waals surface area contributed by atoms with Crippen molar-refractivity contribution in [2.24, 2.45) is 5.10 Å². The van der Waals surface area contributed by atoms with Crippen LogP contribution < -0.4 is 11.2 Å². The third-order valence-corrected chi connectivity index (χ3v) is 4.07. The Labute approximate surface area is 150 Å². The molecule has 24 heavy (non-hydrogen) atoms. The summed E-state index contributed by atoms with van der Waals surface area (Å²) >= 11 is 17.4.